The molecule has 0 aliphatic carbocycles. The lowest BCUT2D eigenvalue weighted by Crippen LogP contribution is -2.12. The molecular formula is C39H33N. The second-order valence-corrected chi connectivity index (χ2v) is 10.4. The average molecular weight is 516 g/mol. The van der Waals surface area contributed by atoms with E-state index in [0.29, 0.717) is 0 Å². The molecule has 1 nitrogen and oxygen atoms in total. The van der Waals surface area contributed by atoms with Gasteiger partial charge in [0, 0.05) is 29.5 Å². The van der Waals surface area contributed by atoms with Gasteiger partial charge in [0.15, 0.2) is 0 Å². The van der Waals surface area contributed by atoms with Crippen molar-refractivity contribution in [1.82, 2.24) is 0 Å². The Morgan fingerprint density at radius 3 is 1.12 bits per heavy atom. The van der Waals surface area contributed by atoms with E-state index in [9.17, 15) is 0 Å². The Kier molecular flexibility index (Phi) is 7.04. The van der Waals surface area contributed by atoms with Crippen molar-refractivity contribution >= 4 is 11.4 Å². The topological polar surface area (TPSA) is 3.24 Å². The van der Waals surface area contributed by atoms with Crippen LogP contribution < -0.4 is 4.90 Å². The second kappa shape index (κ2) is 11.1. The first-order valence-corrected chi connectivity index (χ1v) is 13.8. The summed E-state index contributed by atoms with van der Waals surface area (Å²) in [5.74, 6) is 0. The van der Waals surface area contributed by atoms with Crippen LogP contribution in [0.15, 0.2) is 146 Å². The van der Waals surface area contributed by atoms with Crippen molar-refractivity contribution in [3.05, 3.63) is 157 Å². The van der Waals surface area contributed by atoms with Gasteiger partial charge >= 0.3 is 0 Å². The standard InChI is InChI=1S/C39H33N/c1-28-14-10-12-20-34(28)36-26-32(30-16-6-4-7-17-30)22-24-38(36)40(3)39-25-23-33(31-18-8-5-9-19-31)27-37(39)35-21-13-11-15-29(35)2/h4-27H,1-3H3. The van der Waals surface area contributed by atoms with Gasteiger partial charge in [-0.25, -0.2) is 0 Å². The zero-order valence-electron chi connectivity index (χ0n) is 23.3. The predicted octanol–water partition coefficient (Wildman–Crippen LogP) is 10.7. The molecule has 0 aromatic heterocycles. The van der Waals surface area contributed by atoms with Gasteiger partial charge in [0.1, 0.15) is 0 Å². The molecule has 0 heterocycles. The minimum Gasteiger partial charge on any atom is -0.344 e. The Balaban J connectivity index is 1.55. The first kappa shape index (κ1) is 25.4. The van der Waals surface area contributed by atoms with Crippen molar-refractivity contribution in [3.8, 4) is 44.5 Å². The molecule has 40 heavy (non-hydrogen) atoms. The maximum Gasteiger partial charge on any atom is 0.0488 e. The van der Waals surface area contributed by atoms with Gasteiger partial charge in [-0.05, 0) is 82.6 Å². The molecule has 0 amide bonds. The van der Waals surface area contributed by atoms with Crippen LogP contribution in [0.5, 0.6) is 0 Å². The number of anilines is 2. The van der Waals surface area contributed by atoms with E-state index in [0.717, 1.165) is 0 Å². The third-order valence-electron chi connectivity index (χ3n) is 7.80. The van der Waals surface area contributed by atoms with Gasteiger partial charge < -0.3 is 4.90 Å². The molecule has 0 atom stereocenters. The van der Waals surface area contributed by atoms with Gasteiger partial charge in [-0.15, -0.1) is 0 Å². The van der Waals surface area contributed by atoms with Gasteiger partial charge in [0.2, 0.25) is 0 Å². The van der Waals surface area contributed by atoms with Crippen LogP contribution >= 0.6 is 0 Å². The zero-order chi connectivity index (χ0) is 27.5. The average Bonchev–Trinajstić information content (AvgIpc) is 3.01. The van der Waals surface area contributed by atoms with E-state index < -0.39 is 0 Å². The Hall–Kier alpha value is -4.88. The van der Waals surface area contributed by atoms with Crippen molar-refractivity contribution in [3.63, 3.8) is 0 Å². The lowest BCUT2D eigenvalue weighted by molar-refractivity contribution is 1.21. The van der Waals surface area contributed by atoms with Crippen LogP contribution in [0.25, 0.3) is 44.5 Å². The third kappa shape index (κ3) is 4.95. The molecule has 194 valence electrons. The molecule has 6 aromatic carbocycles. The van der Waals surface area contributed by atoms with Crippen LogP contribution in [-0.2, 0) is 0 Å². The van der Waals surface area contributed by atoms with Crippen molar-refractivity contribution in [1.29, 1.82) is 0 Å². The summed E-state index contributed by atoms with van der Waals surface area (Å²) in [7, 11) is 2.19. The molecule has 6 aromatic rings. The molecule has 1 heteroatoms. The van der Waals surface area contributed by atoms with Crippen LogP contribution in [-0.4, -0.2) is 7.05 Å². The molecular weight excluding hydrogens is 482 g/mol. The summed E-state index contributed by atoms with van der Waals surface area (Å²) in [6.45, 7) is 4.39. The van der Waals surface area contributed by atoms with Crippen LogP contribution in [0.1, 0.15) is 11.1 Å². The van der Waals surface area contributed by atoms with Gasteiger partial charge in [-0.2, -0.15) is 0 Å². The number of aryl methyl sites for hydroxylation is 2. The zero-order valence-corrected chi connectivity index (χ0v) is 23.3. The summed E-state index contributed by atoms with van der Waals surface area (Å²) < 4.78 is 0. The summed E-state index contributed by atoms with van der Waals surface area (Å²) in [6.07, 6.45) is 0. The maximum atomic E-state index is 2.35. The van der Waals surface area contributed by atoms with Crippen LogP contribution in [0.3, 0.4) is 0 Å². The predicted molar refractivity (Wildman–Crippen MR) is 172 cm³/mol. The molecule has 0 fully saturated rings. The fourth-order valence-corrected chi connectivity index (χ4v) is 5.59. The number of rotatable bonds is 6. The highest BCUT2D eigenvalue weighted by molar-refractivity contribution is 5.92. The van der Waals surface area contributed by atoms with Gasteiger partial charge in [0.05, 0.1) is 0 Å². The molecule has 0 aliphatic rings. The van der Waals surface area contributed by atoms with Crippen LogP contribution in [0.4, 0.5) is 11.4 Å². The van der Waals surface area contributed by atoms with E-state index in [1.807, 2.05) is 0 Å². The minimum absolute atomic E-state index is 1.18. The molecule has 0 bridgehead atoms. The summed E-state index contributed by atoms with van der Waals surface area (Å²) in [5.41, 5.74) is 14.7. The number of hydrogen-bond donors (Lipinski definition) is 0. The normalized spacial score (nSPS) is 10.9. The fraction of sp³-hybridized carbons (Fsp3) is 0.0769. The fourth-order valence-electron chi connectivity index (χ4n) is 5.59. The molecule has 0 N–H and O–H groups in total. The molecule has 0 saturated carbocycles. The summed E-state index contributed by atoms with van der Waals surface area (Å²) in [6, 6.07) is 52.3. The molecule has 0 unspecified atom stereocenters. The lowest BCUT2D eigenvalue weighted by atomic mass is 9.92. The quantitative estimate of drug-likeness (QED) is 0.213. The molecule has 0 aliphatic heterocycles. The number of benzene rings is 6. The van der Waals surface area contributed by atoms with E-state index in [4.69, 9.17) is 0 Å². The third-order valence-corrected chi connectivity index (χ3v) is 7.80. The van der Waals surface area contributed by atoms with E-state index in [1.54, 1.807) is 0 Å². The summed E-state index contributed by atoms with van der Waals surface area (Å²) in [4.78, 5) is 2.35. The minimum atomic E-state index is 1.18. The number of nitrogens with zero attached hydrogens (tertiary/aromatic N) is 1. The molecule has 0 spiro atoms. The Morgan fingerprint density at radius 2 is 0.725 bits per heavy atom. The Bertz CT molecular complexity index is 1630. The van der Waals surface area contributed by atoms with Crippen LogP contribution in [0.2, 0.25) is 0 Å². The molecule has 0 saturated heterocycles. The van der Waals surface area contributed by atoms with E-state index in [-0.39, 0.29) is 0 Å². The van der Waals surface area contributed by atoms with Crippen molar-refractivity contribution in [2.24, 2.45) is 0 Å². The van der Waals surface area contributed by atoms with E-state index in [2.05, 4.69) is 171 Å². The van der Waals surface area contributed by atoms with Crippen LogP contribution in [0, 0.1) is 13.8 Å². The molecule has 6 rings (SSSR count). The van der Waals surface area contributed by atoms with E-state index in [1.165, 1.54) is 67.0 Å². The van der Waals surface area contributed by atoms with Gasteiger partial charge in [-0.1, -0.05) is 121 Å². The van der Waals surface area contributed by atoms with Crippen molar-refractivity contribution < 1.29 is 0 Å². The smallest absolute Gasteiger partial charge is 0.0488 e. The Morgan fingerprint density at radius 1 is 0.350 bits per heavy atom. The lowest BCUT2D eigenvalue weighted by Gasteiger charge is -2.27. The summed E-state index contributed by atoms with van der Waals surface area (Å²) in [5, 5.41) is 0. The maximum absolute atomic E-state index is 2.35. The largest absolute Gasteiger partial charge is 0.344 e. The van der Waals surface area contributed by atoms with Crippen molar-refractivity contribution in [2.75, 3.05) is 11.9 Å². The monoisotopic (exact) mass is 515 g/mol. The summed E-state index contributed by atoms with van der Waals surface area (Å²) >= 11 is 0. The van der Waals surface area contributed by atoms with E-state index >= 15 is 0 Å². The van der Waals surface area contributed by atoms with Gasteiger partial charge in [0.25, 0.3) is 0 Å². The van der Waals surface area contributed by atoms with Crippen molar-refractivity contribution in [2.45, 2.75) is 13.8 Å². The Labute approximate surface area is 238 Å². The SMILES string of the molecule is Cc1ccccc1-c1cc(-c2ccccc2)ccc1N(C)c1ccc(-c2ccccc2)cc1-c1ccccc1C. The first-order chi connectivity index (χ1) is 19.6. The highest BCUT2D eigenvalue weighted by atomic mass is 15.1. The highest BCUT2D eigenvalue weighted by Crippen LogP contribution is 2.43. The van der Waals surface area contributed by atoms with Gasteiger partial charge in [-0.3, -0.25) is 0 Å². The molecule has 0 radical (unpaired) electrons. The highest BCUT2D eigenvalue weighted by Gasteiger charge is 2.18. The number of hydrogen-bond acceptors (Lipinski definition) is 1. The first-order valence-electron chi connectivity index (χ1n) is 13.8. The second-order valence-electron chi connectivity index (χ2n) is 10.4.